The van der Waals surface area contributed by atoms with Crippen LogP contribution in [0.5, 0.6) is 0 Å². The molecule has 10 heteroatoms. The predicted octanol–water partition coefficient (Wildman–Crippen LogP) is 3.68. The fraction of sp³-hybridized carbons (Fsp3) is 0.273. The van der Waals surface area contributed by atoms with Crippen LogP contribution in [0.2, 0.25) is 0 Å². The van der Waals surface area contributed by atoms with E-state index in [1.807, 2.05) is 18.2 Å². The van der Waals surface area contributed by atoms with Gasteiger partial charge < -0.3 is 9.40 Å². The van der Waals surface area contributed by atoms with Gasteiger partial charge in [-0.2, -0.15) is 0 Å². The number of benzene rings is 2. The highest BCUT2D eigenvalue weighted by Gasteiger charge is 2.19. The van der Waals surface area contributed by atoms with Crippen LogP contribution in [0.15, 0.2) is 57.7 Å². The summed E-state index contributed by atoms with van der Waals surface area (Å²) in [5.74, 6) is 1.25. The van der Waals surface area contributed by atoms with Crippen molar-refractivity contribution in [3.05, 3.63) is 80.7 Å². The van der Waals surface area contributed by atoms with E-state index in [1.54, 1.807) is 18.2 Å². The van der Waals surface area contributed by atoms with Gasteiger partial charge in [0.05, 0.1) is 28.9 Å². The third-order valence-electron chi connectivity index (χ3n) is 5.36. The number of aromatic amines is 1. The van der Waals surface area contributed by atoms with Crippen molar-refractivity contribution < 1.29 is 9.34 Å². The molecule has 0 saturated heterocycles. The highest BCUT2D eigenvalue weighted by molar-refractivity contribution is 5.77. The molecule has 0 spiro atoms. The Kier molecular flexibility index (Phi) is 6.04. The molecule has 1 unspecified atom stereocenters. The van der Waals surface area contributed by atoms with E-state index in [1.165, 1.54) is 12.1 Å². The van der Waals surface area contributed by atoms with Crippen molar-refractivity contribution >= 4 is 16.6 Å². The third kappa shape index (κ3) is 4.54. The first kappa shape index (κ1) is 21.3. The lowest BCUT2D eigenvalue weighted by atomic mass is 10.2. The van der Waals surface area contributed by atoms with Gasteiger partial charge in [0.2, 0.25) is 11.8 Å². The van der Waals surface area contributed by atoms with Crippen molar-refractivity contribution in [1.29, 1.82) is 0 Å². The minimum absolute atomic E-state index is 0.00619. The number of nitrogens with zero attached hydrogens (tertiary/aromatic N) is 5. The predicted molar refractivity (Wildman–Crippen MR) is 118 cm³/mol. The number of fused-ring (bicyclic) bond motifs is 1. The molecule has 2 aromatic carbocycles. The number of nitrogens with one attached hydrogen (secondary N) is 1. The molecule has 4 aromatic rings. The smallest absolute Gasteiger partial charge is 0.269 e. The zero-order valence-electron chi connectivity index (χ0n) is 17.7. The second kappa shape index (κ2) is 9.06. The first-order chi connectivity index (χ1) is 15.4. The zero-order valence-corrected chi connectivity index (χ0v) is 17.7. The van der Waals surface area contributed by atoms with Gasteiger partial charge in [0, 0.05) is 23.7 Å². The van der Waals surface area contributed by atoms with E-state index in [0.717, 1.165) is 6.42 Å². The van der Waals surface area contributed by atoms with Crippen LogP contribution in [0.4, 0.5) is 5.69 Å². The molecule has 164 valence electrons. The van der Waals surface area contributed by atoms with Crippen LogP contribution < -0.4 is 5.56 Å². The summed E-state index contributed by atoms with van der Waals surface area (Å²) in [6.45, 7) is 4.92. The second-order valence-corrected chi connectivity index (χ2v) is 7.50. The van der Waals surface area contributed by atoms with E-state index < -0.39 is 4.92 Å². The number of rotatable bonds is 8. The summed E-state index contributed by atoms with van der Waals surface area (Å²) in [5.41, 5.74) is 1.07. The Labute approximate surface area is 183 Å². The Bertz CT molecular complexity index is 1300. The summed E-state index contributed by atoms with van der Waals surface area (Å²) in [4.78, 5) is 32.3. The fourth-order valence-electron chi connectivity index (χ4n) is 3.36. The average molecular weight is 434 g/mol. The lowest BCUT2D eigenvalue weighted by Crippen LogP contribution is -2.33. The molecule has 1 atom stereocenters. The normalized spacial score (nSPS) is 12.3. The lowest BCUT2D eigenvalue weighted by molar-refractivity contribution is -0.384. The van der Waals surface area contributed by atoms with Crippen molar-refractivity contribution in [3.8, 4) is 11.5 Å². The van der Waals surface area contributed by atoms with Crippen LogP contribution in [-0.2, 0) is 13.1 Å². The first-order valence-electron chi connectivity index (χ1n) is 10.2. The molecule has 10 nitrogen and oxygen atoms in total. The van der Waals surface area contributed by atoms with E-state index in [-0.39, 0.29) is 23.2 Å². The van der Waals surface area contributed by atoms with Gasteiger partial charge in [0.25, 0.3) is 11.2 Å². The zero-order chi connectivity index (χ0) is 22.7. The van der Waals surface area contributed by atoms with Crippen LogP contribution in [0.1, 0.15) is 32.0 Å². The Morgan fingerprint density at radius 2 is 1.88 bits per heavy atom. The summed E-state index contributed by atoms with van der Waals surface area (Å²) in [6, 6.07) is 13.3. The van der Waals surface area contributed by atoms with Crippen molar-refractivity contribution in [2.24, 2.45) is 0 Å². The monoisotopic (exact) mass is 434 g/mol. The van der Waals surface area contributed by atoms with Crippen molar-refractivity contribution in [3.63, 3.8) is 0 Å². The maximum atomic E-state index is 12.4. The maximum Gasteiger partial charge on any atom is 0.269 e. The molecule has 2 heterocycles. The van der Waals surface area contributed by atoms with E-state index >= 15 is 0 Å². The molecule has 4 rings (SSSR count). The molecule has 0 fully saturated rings. The average Bonchev–Trinajstić information content (AvgIpc) is 3.27. The van der Waals surface area contributed by atoms with Gasteiger partial charge in [-0.3, -0.25) is 19.8 Å². The van der Waals surface area contributed by atoms with Crippen LogP contribution in [0.25, 0.3) is 22.4 Å². The van der Waals surface area contributed by atoms with Crippen LogP contribution >= 0.6 is 0 Å². The highest BCUT2D eigenvalue weighted by atomic mass is 16.6. The van der Waals surface area contributed by atoms with Crippen LogP contribution in [-0.4, -0.2) is 36.0 Å². The number of para-hydroxylation sites is 1. The van der Waals surface area contributed by atoms with Crippen LogP contribution in [0, 0.1) is 10.1 Å². The molecule has 32 heavy (non-hydrogen) atoms. The lowest BCUT2D eigenvalue weighted by Gasteiger charge is -2.26. The van der Waals surface area contributed by atoms with Gasteiger partial charge in [-0.15, -0.1) is 10.2 Å². The fourth-order valence-corrected chi connectivity index (χ4v) is 3.36. The molecule has 0 aliphatic heterocycles. The number of non-ortho nitro benzene ring substituents is 1. The molecule has 0 amide bonds. The second-order valence-electron chi connectivity index (χ2n) is 7.50. The number of nitro benzene ring substituents is 1. The molecule has 0 bridgehead atoms. The standard InChI is InChI=1S/C22H22N6O4/c1-3-14(2)27(12-19-23-18-7-5-4-6-17(18)21(29)24-19)13-20-25-26-22(32-20)15-8-10-16(11-9-15)28(30)31/h4-11,14H,3,12-13H2,1-2H3,(H,23,24,29). The number of H-pyrrole nitrogens is 1. The molecular formula is C22H22N6O4. The van der Waals surface area contributed by atoms with Gasteiger partial charge in [-0.25, -0.2) is 4.98 Å². The summed E-state index contributed by atoms with van der Waals surface area (Å²) < 4.78 is 5.80. The number of hydrogen-bond donors (Lipinski definition) is 1. The molecule has 0 aliphatic rings. The Morgan fingerprint density at radius 3 is 2.59 bits per heavy atom. The van der Waals surface area contributed by atoms with Crippen molar-refractivity contribution in [1.82, 2.24) is 25.1 Å². The van der Waals surface area contributed by atoms with Gasteiger partial charge >= 0.3 is 0 Å². The van der Waals surface area contributed by atoms with Gasteiger partial charge in [0.1, 0.15) is 5.82 Å². The SMILES string of the molecule is CCC(C)N(Cc1nc2ccccc2c(=O)[nH]1)Cc1nnc(-c2ccc([N+](=O)[O-])cc2)o1. The van der Waals surface area contributed by atoms with Crippen LogP contribution in [0.3, 0.4) is 0 Å². The van der Waals surface area contributed by atoms with E-state index in [0.29, 0.717) is 41.3 Å². The Balaban J connectivity index is 1.55. The molecule has 1 N–H and O–H groups in total. The van der Waals surface area contributed by atoms with Crippen molar-refractivity contribution in [2.75, 3.05) is 0 Å². The molecule has 0 saturated carbocycles. The molecule has 0 radical (unpaired) electrons. The number of nitro groups is 1. The minimum Gasteiger partial charge on any atom is -0.419 e. The quantitative estimate of drug-likeness (QED) is 0.328. The topological polar surface area (TPSA) is 131 Å². The number of hydrogen-bond acceptors (Lipinski definition) is 8. The summed E-state index contributed by atoms with van der Waals surface area (Å²) >= 11 is 0. The van der Waals surface area contributed by atoms with Gasteiger partial charge in [-0.1, -0.05) is 19.1 Å². The summed E-state index contributed by atoms with van der Waals surface area (Å²) in [7, 11) is 0. The summed E-state index contributed by atoms with van der Waals surface area (Å²) in [5, 5.41) is 19.6. The minimum atomic E-state index is -0.460. The highest BCUT2D eigenvalue weighted by Crippen LogP contribution is 2.22. The maximum absolute atomic E-state index is 12.4. The molecule has 2 aromatic heterocycles. The first-order valence-corrected chi connectivity index (χ1v) is 10.2. The number of aromatic nitrogens is 4. The Morgan fingerprint density at radius 1 is 1.12 bits per heavy atom. The summed E-state index contributed by atoms with van der Waals surface area (Å²) in [6.07, 6.45) is 0.876. The third-order valence-corrected chi connectivity index (χ3v) is 5.36. The van der Waals surface area contributed by atoms with E-state index in [9.17, 15) is 14.9 Å². The molecular weight excluding hydrogens is 412 g/mol. The largest absolute Gasteiger partial charge is 0.419 e. The van der Waals surface area contributed by atoms with Gasteiger partial charge in [0.15, 0.2) is 0 Å². The molecule has 0 aliphatic carbocycles. The van der Waals surface area contributed by atoms with Crippen molar-refractivity contribution in [2.45, 2.75) is 39.4 Å². The Hall–Kier alpha value is -3.92. The van der Waals surface area contributed by atoms with E-state index in [4.69, 9.17) is 4.42 Å². The van der Waals surface area contributed by atoms with E-state index in [2.05, 4.69) is 38.9 Å². The van der Waals surface area contributed by atoms with Gasteiger partial charge in [-0.05, 0) is 37.6 Å².